The molecule has 0 aromatic carbocycles. The van der Waals surface area contributed by atoms with E-state index in [0.29, 0.717) is 6.42 Å². The molecule has 1 unspecified atom stereocenters. The molecule has 1 atom stereocenters. The minimum absolute atomic E-state index is 0.0545. The number of hydrogen-bond donors (Lipinski definition) is 2. The van der Waals surface area contributed by atoms with Crippen molar-refractivity contribution in [3.8, 4) is 5.75 Å². The Morgan fingerprint density at radius 3 is 2.80 bits per heavy atom. The van der Waals surface area contributed by atoms with Crippen LogP contribution in [0.5, 0.6) is 5.75 Å². The van der Waals surface area contributed by atoms with Gasteiger partial charge in [-0.2, -0.15) is 0 Å². The molecule has 0 amide bonds. The molecule has 0 saturated heterocycles. The molecule has 2 heterocycles. The van der Waals surface area contributed by atoms with E-state index < -0.39 is 0 Å². The molecule has 2 aromatic heterocycles. The number of nitrogens with one attached hydrogen (secondary N) is 1. The first-order chi connectivity index (χ1) is 9.58. The Morgan fingerprint density at radius 1 is 1.50 bits per heavy atom. The van der Waals surface area contributed by atoms with E-state index in [1.165, 1.54) is 0 Å². The first-order valence-corrected chi connectivity index (χ1v) is 7.52. The van der Waals surface area contributed by atoms with E-state index in [4.69, 9.17) is 22.2 Å². The summed E-state index contributed by atoms with van der Waals surface area (Å²) in [6.07, 6.45) is 2.49. The molecule has 3 N–H and O–H groups in total. The summed E-state index contributed by atoms with van der Waals surface area (Å²) in [5.41, 5.74) is 5.85. The van der Waals surface area contributed by atoms with Crippen LogP contribution in [-0.4, -0.2) is 12.1 Å². The van der Waals surface area contributed by atoms with Crippen molar-refractivity contribution in [2.24, 2.45) is 5.84 Å². The van der Waals surface area contributed by atoms with Crippen molar-refractivity contribution in [1.82, 2.24) is 10.4 Å². The Labute approximate surface area is 127 Å². The Kier molecular flexibility index (Phi) is 4.99. The molecule has 0 aliphatic carbocycles. The minimum atomic E-state index is -0.0545. The number of hydrogen-bond acceptors (Lipinski definition) is 5. The van der Waals surface area contributed by atoms with Crippen LogP contribution in [0.2, 0.25) is 5.02 Å². The Morgan fingerprint density at radius 2 is 2.25 bits per heavy atom. The standard InChI is InChI=1S/C14H18ClN3OS/c1-8-7-17-11(9(2)13(8)19-3)6-12(18-16)14-10(15)4-5-20-14/h4-5,7,12,18H,6,16H2,1-3H3. The van der Waals surface area contributed by atoms with Gasteiger partial charge < -0.3 is 4.74 Å². The van der Waals surface area contributed by atoms with Crippen LogP contribution in [0.3, 0.4) is 0 Å². The van der Waals surface area contributed by atoms with Gasteiger partial charge in [-0.15, -0.1) is 11.3 Å². The lowest BCUT2D eigenvalue weighted by molar-refractivity contribution is 0.406. The number of nitrogens with two attached hydrogens (primary N) is 1. The summed E-state index contributed by atoms with van der Waals surface area (Å²) in [6.45, 7) is 4.00. The number of ether oxygens (including phenoxy) is 1. The number of thiophene rings is 1. The van der Waals surface area contributed by atoms with E-state index >= 15 is 0 Å². The maximum Gasteiger partial charge on any atom is 0.128 e. The van der Waals surface area contributed by atoms with Crippen LogP contribution in [-0.2, 0) is 6.42 Å². The van der Waals surface area contributed by atoms with Gasteiger partial charge in [0.1, 0.15) is 5.75 Å². The maximum atomic E-state index is 6.17. The normalized spacial score (nSPS) is 12.4. The zero-order valence-corrected chi connectivity index (χ0v) is 13.3. The molecule has 6 heteroatoms. The molecule has 2 rings (SSSR count). The van der Waals surface area contributed by atoms with Gasteiger partial charge in [-0.3, -0.25) is 16.3 Å². The number of halogens is 1. The van der Waals surface area contributed by atoms with E-state index in [-0.39, 0.29) is 6.04 Å². The van der Waals surface area contributed by atoms with Crippen molar-refractivity contribution < 1.29 is 4.74 Å². The van der Waals surface area contributed by atoms with Crippen LogP contribution in [0.25, 0.3) is 0 Å². The Hall–Kier alpha value is -1.14. The number of aromatic nitrogens is 1. The second-order valence-electron chi connectivity index (χ2n) is 4.60. The van der Waals surface area contributed by atoms with Crippen LogP contribution in [0.1, 0.15) is 27.7 Å². The molecule has 0 fully saturated rings. The van der Waals surface area contributed by atoms with Crippen molar-refractivity contribution in [2.75, 3.05) is 7.11 Å². The summed E-state index contributed by atoms with van der Waals surface area (Å²) in [6, 6.07) is 1.82. The monoisotopic (exact) mass is 311 g/mol. The van der Waals surface area contributed by atoms with Gasteiger partial charge in [-0.05, 0) is 25.3 Å². The average molecular weight is 312 g/mol. The first-order valence-electron chi connectivity index (χ1n) is 6.26. The summed E-state index contributed by atoms with van der Waals surface area (Å²) >= 11 is 7.76. The third kappa shape index (κ3) is 2.96. The summed E-state index contributed by atoms with van der Waals surface area (Å²) in [7, 11) is 1.67. The minimum Gasteiger partial charge on any atom is -0.496 e. The van der Waals surface area contributed by atoms with Crippen molar-refractivity contribution >= 4 is 22.9 Å². The molecule has 20 heavy (non-hydrogen) atoms. The lowest BCUT2D eigenvalue weighted by Gasteiger charge is -2.18. The fourth-order valence-corrected chi connectivity index (χ4v) is 3.50. The number of aryl methyl sites for hydroxylation is 1. The van der Waals surface area contributed by atoms with Gasteiger partial charge >= 0.3 is 0 Å². The topological polar surface area (TPSA) is 60.2 Å². The van der Waals surface area contributed by atoms with Crippen LogP contribution in [0.15, 0.2) is 17.6 Å². The molecule has 0 aliphatic heterocycles. The zero-order chi connectivity index (χ0) is 14.7. The van der Waals surface area contributed by atoms with E-state index in [9.17, 15) is 0 Å². The van der Waals surface area contributed by atoms with E-state index in [1.54, 1.807) is 18.4 Å². The van der Waals surface area contributed by atoms with Crippen molar-refractivity contribution in [2.45, 2.75) is 26.3 Å². The van der Waals surface area contributed by atoms with Crippen LogP contribution >= 0.6 is 22.9 Å². The predicted octanol–water partition coefficient (Wildman–Crippen LogP) is 3.17. The smallest absolute Gasteiger partial charge is 0.128 e. The highest BCUT2D eigenvalue weighted by atomic mass is 35.5. The van der Waals surface area contributed by atoms with Crippen molar-refractivity contribution in [1.29, 1.82) is 0 Å². The molecule has 4 nitrogen and oxygen atoms in total. The molecule has 0 bridgehead atoms. The van der Waals surface area contributed by atoms with Gasteiger partial charge in [0.25, 0.3) is 0 Å². The van der Waals surface area contributed by atoms with Crippen LogP contribution in [0, 0.1) is 13.8 Å². The summed E-state index contributed by atoms with van der Waals surface area (Å²) in [5.74, 6) is 6.55. The number of nitrogens with zero attached hydrogens (tertiary/aromatic N) is 1. The fraction of sp³-hybridized carbons (Fsp3) is 0.357. The average Bonchev–Trinajstić information content (AvgIpc) is 2.85. The molecule has 0 saturated carbocycles. The SMILES string of the molecule is COc1c(C)cnc(CC(NN)c2sccc2Cl)c1C. The number of hydrazine groups is 1. The zero-order valence-electron chi connectivity index (χ0n) is 11.7. The highest BCUT2D eigenvalue weighted by Gasteiger charge is 2.19. The molecule has 0 spiro atoms. The molecular formula is C14H18ClN3OS. The highest BCUT2D eigenvalue weighted by Crippen LogP contribution is 2.32. The highest BCUT2D eigenvalue weighted by molar-refractivity contribution is 7.10. The Balaban J connectivity index is 2.31. The van der Waals surface area contributed by atoms with Gasteiger partial charge in [0.2, 0.25) is 0 Å². The molecule has 108 valence electrons. The molecule has 2 aromatic rings. The molecular weight excluding hydrogens is 294 g/mol. The summed E-state index contributed by atoms with van der Waals surface area (Å²) in [4.78, 5) is 5.52. The van der Waals surface area contributed by atoms with Crippen molar-refractivity contribution in [3.63, 3.8) is 0 Å². The largest absolute Gasteiger partial charge is 0.496 e. The van der Waals surface area contributed by atoms with E-state index in [1.807, 2.05) is 31.5 Å². The summed E-state index contributed by atoms with van der Waals surface area (Å²) < 4.78 is 5.43. The molecule has 0 radical (unpaired) electrons. The third-order valence-electron chi connectivity index (χ3n) is 3.31. The second-order valence-corrected chi connectivity index (χ2v) is 5.96. The number of pyridine rings is 1. The van der Waals surface area contributed by atoms with Gasteiger partial charge in [0.05, 0.1) is 18.2 Å². The van der Waals surface area contributed by atoms with Gasteiger partial charge in [0, 0.05) is 34.3 Å². The van der Waals surface area contributed by atoms with Gasteiger partial charge in [0.15, 0.2) is 0 Å². The Bertz CT molecular complexity index is 600. The van der Waals surface area contributed by atoms with Crippen LogP contribution in [0.4, 0.5) is 0 Å². The van der Waals surface area contributed by atoms with Gasteiger partial charge in [-0.1, -0.05) is 11.6 Å². The first kappa shape index (κ1) is 15.3. The van der Waals surface area contributed by atoms with Crippen LogP contribution < -0.4 is 16.0 Å². The third-order valence-corrected chi connectivity index (χ3v) is 4.78. The fourth-order valence-electron chi connectivity index (χ4n) is 2.25. The maximum absolute atomic E-state index is 6.17. The quantitative estimate of drug-likeness (QED) is 0.658. The predicted molar refractivity (Wildman–Crippen MR) is 83.4 cm³/mol. The lowest BCUT2D eigenvalue weighted by atomic mass is 10.0. The lowest BCUT2D eigenvalue weighted by Crippen LogP contribution is -2.29. The number of methoxy groups -OCH3 is 1. The second kappa shape index (κ2) is 6.54. The van der Waals surface area contributed by atoms with Gasteiger partial charge in [-0.25, -0.2) is 0 Å². The van der Waals surface area contributed by atoms with E-state index in [2.05, 4.69) is 10.4 Å². The van der Waals surface area contributed by atoms with E-state index in [0.717, 1.165) is 32.5 Å². The number of rotatable bonds is 5. The summed E-state index contributed by atoms with van der Waals surface area (Å²) in [5, 5.41) is 2.69. The molecule has 0 aliphatic rings. The van der Waals surface area contributed by atoms with Crippen molar-refractivity contribution in [3.05, 3.63) is 44.4 Å².